The third kappa shape index (κ3) is 2.26. The first kappa shape index (κ1) is 13.3. The van der Waals surface area contributed by atoms with Crippen LogP contribution in [0.15, 0.2) is 24.3 Å². The lowest BCUT2D eigenvalue weighted by Crippen LogP contribution is -2.28. The smallest absolute Gasteiger partial charge is 0.0130 e. The Morgan fingerprint density at radius 1 is 1.12 bits per heavy atom. The number of halogens is 1. The Balaban J connectivity index is 2.04. The Hall–Kier alpha value is -0.0900. The highest BCUT2D eigenvalue weighted by molar-refractivity contribution is 14.1. The maximum absolute atomic E-state index is 6.40. The summed E-state index contributed by atoms with van der Waals surface area (Å²) in [6, 6.07) is 8.99. The summed E-state index contributed by atoms with van der Waals surface area (Å²) < 4.78 is 1.28. The quantitative estimate of drug-likeness (QED) is 0.829. The molecule has 0 bridgehead atoms. The molecule has 0 radical (unpaired) electrons. The minimum atomic E-state index is 0.278. The lowest BCUT2D eigenvalue weighted by atomic mass is 9.98. The van der Waals surface area contributed by atoms with Gasteiger partial charge in [0.15, 0.2) is 0 Å². The molecule has 0 aromatic heterocycles. The van der Waals surface area contributed by atoms with E-state index < -0.39 is 0 Å². The van der Waals surface area contributed by atoms with Crippen molar-refractivity contribution in [3.05, 3.63) is 33.4 Å². The second kappa shape index (κ2) is 4.23. The molecule has 0 spiro atoms. The molecule has 0 saturated heterocycles. The monoisotopic (exact) mass is 343 g/mol. The average Bonchev–Trinajstić information content (AvgIpc) is 2.61. The van der Waals surface area contributed by atoms with Gasteiger partial charge in [0.25, 0.3) is 0 Å². The van der Waals surface area contributed by atoms with Gasteiger partial charge in [-0.15, -0.1) is 0 Å². The van der Waals surface area contributed by atoms with E-state index in [4.69, 9.17) is 5.73 Å². The lowest BCUT2D eigenvalue weighted by molar-refractivity contribution is 0.457. The molecule has 2 N–H and O–H groups in total. The average molecular weight is 343 g/mol. The van der Waals surface area contributed by atoms with Crippen LogP contribution in [0.3, 0.4) is 0 Å². The van der Waals surface area contributed by atoms with Crippen molar-refractivity contribution in [1.29, 1.82) is 0 Å². The summed E-state index contributed by atoms with van der Waals surface area (Å²) in [6.07, 6.45) is 0.994. The molecular formula is C15H22IN. The van der Waals surface area contributed by atoms with Crippen molar-refractivity contribution >= 4 is 22.6 Å². The molecule has 2 rings (SSSR count). The van der Waals surface area contributed by atoms with E-state index in [0.717, 1.165) is 6.42 Å². The van der Waals surface area contributed by atoms with Gasteiger partial charge in [0.2, 0.25) is 0 Å². The van der Waals surface area contributed by atoms with Gasteiger partial charge in [-0.05, 0) is 63.5 Å². The number of benzene rings is 1. The largest absolute Gasteiger partial charge is 0.327 e. The van der Waals surface area contributed by atoms with Gasteiger partial charge in [0.05, 0.1) is 0 Å². The molecule has 0 aliphatic heterocycles. The molecule has 1 unspecified atom stereocenters. The van der Waals surface area contributed by atoms with E-state index in [0.29, 0.717) is 16.7 Å². The van der Waals surface area contributed by atoms with Crippen molar-refractivity contribution < 1.29 is 0 Å². The molecule has 1 fully saturated rings. The van der Waals surface area contributed by atoms with Crippen LogP contribution >= 0.6 is 22.6 Å². The molecular weight excluding hydrogens is 321 g/mol. The standard InChI is InChI=1S/C15H22IN/c1-14(2)13(15(14,3)4)12(17)9-10-5-7-11(16)8-6-10/h5-8,12-13H,9,17H2,1-4H3. The second-order valence-corrected chi connectivity index (χ2v) is 7.66. The minimum absolute atomic E-state index is 0.278. The van der Waals surface area contributed by atoms with Gasteiger partial charge in [-0.25, -0.2) is 0 Å². The number of hydrogen-bond donors (Lipinski definition) is 1. The predicted octanol–water partition coefficient (Wildman–Crippen LogP) is 3.84. The first-order chi connectivity index (χ1) is 7.76. The van der Waals surface area contributed by atoms with Gasteiger partial charge >= 0.3 is 0 Å². The molecule has 0 heterocycles. The number of nitrogens with two attached hydrogens (primary N) is 1. The highest BCUT2D eigenvalue weighted by Gasteiger charge is 2.66. The fourth-order valence-electron chi connectivity index (χ4n) is 3.33. The first-order valence-corrected chi connectivity index (χ1v) is 7.34. The van der Waals surface area contributed by atoms with E-state index in [-0.39, 0.29) is 6.04 Å². The van der Waals surface area contributed by atoms with Crippen LogP contribution in [-0.4, -0.2) is 6.04 Å². The Morgan fingerprint density at radius 2 is 1.59 bits per heavy atom. The van der Waals surface area contributed by atoms with Crippen molar-refractivity contribution in [3.63, 3.8) is 0 Å². The SMILES string of the molecule is CC1(C)C(C(N)Cc2ccc(I)cc2)C1(C)C. The van der Waals surface area contributed by atoms with Crippen LogP contribution in [0, 0.1) is 20.3 Å². The third-order valence-corrected chi connectivity index (χ3v) is 5.66. The molecule has 0 amide bonds. The van der Waals surface area contributed by atoms with Crippen molar-refractivity contribution in [2.75, 3.05) is 0 Å². The summed E-state index contributed by atoms with van der Waals surface area (Å²) >= 11 is 2.34. The topological polar surface area (TPSA) is 26.0 Å². The maximum atomic E-state index is 6.40. The predicted molar refractivity (Wildman–Crippen MR) is 81.9 cm³/mol. The van der Waals surface area contributed by atoms with E-state index in [1.807, 2.05) is 0 Å². The van der Waals surface area contributed by atoms with Crippen LogP contribution in [0.25, 0.3) is 0 Å². The molecule has 1 nitrogen and oxygen atoms in total. The minimum Gasteiger partial charge on any atom is -0.327 e. The van der Waals surface area contributed by atoms with Gasteiger partial charge in [0, 0.05) is 9.61 Å². The van der Waals surface area contributed by atoms with Crippen molar-refractivity contribution in [3.8, 4) is 0 Å². The second-order valence-electron chi connectivity index (χ2n) is 6.42. The zero-order valence-electron chi connectivity index (χ0n) is 11.1. The molecule has 1 atom stereocenters. The summed E-state index contributed by atoms with van der Waals surface area (Å²) in [5, 5.41) is 0. The Labute approximate surface area is 118 Å². The van der Waals surface area contributed by atoms with E-state index in [1.165, 1.54) is 9.13 Å². The van der Waals surface area contributed by atoms with Crippen molar-refractivity contribution in [2.45, 2.75) is 40.2 Å². The molecule has 94 valence electrons. The maximum Gasteiger partial charge on any atom is 0.0130 e. The molecule has 1 aliphatic rings. The van der Waals surface area contributed by atoms with Crippen LogP contribution in [0.1, 0.15) is 33.3 Å². The van der Waals surface area contributed by atoms with Crippen LogP contribution in [0.4, 0.5) is 0 Å². The van der Waals surface area contributed by atoms with Crippen LogP contribution in [-0.2, 0) is 6.42 Å². The third-order valence-electron chi connectivity index (χ3n) is 4.95. The number of hydrogen-bond acceptors (Lipinski definition) is 1. The zero-order chi connectivity index (χ0) is 12.8. The van der Waals surface area contributed by atoms with Crippen molar-refractivity contribution in [1.82, 2.24) is 0 Å². The van der Waals surface area contributed by atoms with E-state index in [9.17, 15) is 0 Å². The molecule has 1 aliphatic carbocycles. The highest BCUT2D eigenvalue weighted by Crippen LogP contribution is 2.69. The Morgan fingerprint density at radius 3 is 2.00 bits per heavy atom. The number of rotatable bonds is 3. The van der Waals surface area contributed by atoms with Crippen molar-refractivity contribution in [2.24, 2.45) is 22.5 Å². The van der Waals surface area contributed by atoms with Crippen LogP contribution < -0.4 is 5.73 Å². The van der Waals surface area contributed by atoms with Gasteiger partial charge in [-0.1, -0.05) is 39.8 Å². The summed E-state index contributed by atoms with van der Waals surface area (Å²) in [5.74, 6) is 0.634. The zero-order valence-corrected chi connectivity index (χ0v) is 13.3. The molecule has 17 heavy (non-hydrogen) atoms. The summed E-state index contributed by atoms with van der Waals surface area (Å²) in [4.78, 5) is 0. The van der Waals surface area contributed by atoms with Crippen LogP contribution in [0.5, 0.6) is 0 Å². The van der Waals surface area contributed by atoms with Crippen LogP contribution in [0.2, 0.25) is 0 Å². The molecule has 1 saturated carbocycles. The first-order valence-electron chi connectivity index (χ1n) is 6.27. The molecule has 2 heteroatoms. The van der Waals surface area contributed by atoms with Gasteiger partial charge < -0.3 is 5.73 Å². The fraction of sp³-hybridized carbons (Fsp3) is 0.600. The summed E-state index contributed by atoms with van der Waals surface area (Å²) in [6.45, 7) is 9.35. The Bertz CT molecular complexity index is 391. The summed E-state index contributed by atoms with van der Waals surface area (Å²) in [7, 11) is 0. The summed E-state index contributed by atoms with van der Waals surface area (Å²) in [5.41, 5.74) is 8.53. The van der Waals surface area contributed by atoms with E-state index >= 15 is 0 Å². The molecule has 1 aromatic rings. The fourth-order valence-corrected chi connectivity index (χ4v) is 3.69. The lowest BCUT2D eigenvalue weighted by Gasteiger charge is -2.14. The molecule has 1 aromatic carbocycles. The highest BCUT2D eigenvalue weighted by atomic mass is 127. The Kier molecular flexibility index (Phi) is 3.32. The van der Waals surface area contributed by atoms with Gasteiger partial charge in [0.1, 0.15) is 0 Å². The van der Waals surface area contributed by atoms with Gasteiger partial charge in [-0.3, -0.25) is 0 Å². The van der Waals surface area contributed by atoms with E-state index in [1.54, 1.807) is 0 Å². The normalized spacial score (nSPS) is 23.4. The van der Waals surface area contributed by atoms with E-state index in [2.05, 4.69) is 74.6 Å². The van der Waals surface area contributed by atoms with Gasteiger partial charge in [-0.2, -0.15) is 0 Å².